The van der Waals surface area contributed by atoms with Crippen LogP contribution >= 0.6 is 0 Å². The summed E-state index contributed by atoms with van der Waals surface area (Å²) in [6, 6.07) is 59.2. The molecule has 0 saturated carbocycles. The van der Waals surface area contributed by atoms with Gasteiger partial charge in [-0.15, -0.1) is 0 Å². The maximum Gasteiger partial charge on any atom is 0.136 e. The number of phenolic OH excluding ortho intramolecular Hbond substituents is 1. The molecule has 1 heterocycles. The lowest BCUT2D eigenvalue weighted by atomic mass is 9.91. The number of para-hydroxylation sites is 1. The average molecular weight is 630 g/mol. The van der Waals surface area contributed by atoms with Crippen LogP contribution in [0.25, 0.3) is 61.0 Å². The van der Waals surface area contributed by atoms with Crippen molar-refractivity contribution in [3.63, 3.8) is 0 Å². The number of allylic oxidation sites excluding steroid dienone is 1. The Labute approximate surface area is 285 Å². The Morgan fingerprint density at radius 3 is 1.94 bits per heavy atom. The van der Waals surface area contributed by atoms with Crippen molar-refractivity contribution in [2.24, 2.45) is 4.99 Å². The molecule has 0 radical (unpaired) electrons. The molecule has 3 heteroatoms. The summed E-state index contributed by atoms with van der Waals surface area (Å²) >= 11 is 0. The smallest absolute Gasteiger partial charge is 0.136 e. The highest BCUT2D eigenvalue weighted by Crippen LogP contribution is 2.35. The number of phenols is 1. The van der Waals surface area contributed by atoms with E-state index in [2.05, 4.69) is 103 Å². The molecule has 0 saturated heterocycles. The van der Waals surface area contributed by atoms with Crippen molar-refractivity contribution < 1.29 is 9.52 Å². The van der Waals surface area contributed by atoms with Gasteiger partial charge >= 0.3 is 0 Å². The predicted octanol–water partition coefficient (Wildman–Crippen LogP) is 11.8. The van der Waals surface area contributed by atoms with Crippen molar-refractivity contribution in [2.45, 2.75) is 6.92 Å². The summed E-state index contributed by atoms with van der Waals surface area (Å²) in [4.78, 5) is 5.39. The zero-order valence-electron chi connectivity index (χ0n) is 26.9. The second kappa shape index (κ2) is 12.9. The van der Waals surface area contributed by atoms with Crippen LogP contribution in [0.2, 0.25) is 0 Å². The molecule has 0 atom stereocenters. The van der Waals surface area contributed by atoms with Gasteiger partial charge in [0.05, 0.1) is 11.4 Å². The minimum atomic E-state index is 0.147. The second-order valence-electron chi connectivity index (χ2n) is 11.9. The molecule has 8 aromatic rings. The van der Waals surface area contributed by atoms with E-state index in [-0.39, 0.29) is 5.75 Å². The molecule has 0 amide bonds. The van der Waals surface area contributed by atoms with Crippen LogP contribution in [0.5, 0.6) is 5.75 Å². The molecular weight excluding hydrogens is 599 g/mol. The zero-order valence-corrected chi connectivity index (χ0v) is 26.9. The Hall–Kier alpha value is -6.63. The average Bonchev–Trinajstić information content (AvgIpc) is 3.54. The topological polar surface area (TPSA) is 45.7 Å². The van der Waals surface area contributed by atoms with Crippen LogP contribution in [0.4, 0.5) is 0 Å². The van der Waals surface area contributed by atoms with Crippen molar-refractivity contribution in [2.75, 3.05) is 0 Å². The lowest BCUT2D eigenvalue weighted by molar-refractivity contribution is 0.477. The normalized spacial score (nSPS) is 11.9. The summed E-state index contributed by atoms with van der Waals surface area (Å²) < 4.78 is 6.25. The van der Waals surface area contributed by atoms with Crippen LogP contribution in [-0.4, -0.2) is 10.8 Å². The quantitative estimate of drug-likeness (QED) is 0.178. The Bertz CT molecular complexity index is 2430. The highest BCUT2D eigenvalue weighted by Gasteiger charge is 2.17. The van der Waals surface area contributed by atoms with E-state index in [1.54, 1.807) is 12.1 Å². The molecule has 49 heavy (non-hydrogen) atoms. The van der Waals surface area contributed by atoms with E-state index in [0.29, 0.717) is 5.56 Å². The summed E-state index contributed by atoms with van der Waals surface area (Å²) in [6.45, 7) is 2.00. The first-order valence-electron chi connectivity index (χ1n) is 16.3. The van der Waals surface area contributed by atoms with Gasteiger partial charge in [0, 0.05) is 38.6 Å². The zero-order chi connectivity index (χ0) is 33.2. The predicted molar refractivity (Wildman–Crippen MR) is 202 cm³/mol. The van der Waals surface area contributed by atoms with E-state index in [0.717, 1.165) is 77.9 Å². The van der Waals surface area contributed by atoms with Gasteiger partial charge in [-0.2, -0.15) is 0 Å². The Kier molecular flexibility index (Phi) is 7.82. The number of furan rings is 1. The number of aromatic hydroxyl groups is 1. The fourth-order valence-electron chi connectivity index (χ4n) is 6.37. The first kappa shape index (κ1) is 29.8. The fraction of sp³-hybridized carbons (Fsp3) is 0.0217. The molecular formula is C46H31NO2. The van der Waals surface area contributed by atoms with Crippen molar-refractivity contribution in [3.05, 3.63) is 193 Å². The third-order valence-electron chi connectivity index (χ3n) is 8.81. The number of hydrogen-bond donors (Lipinski definition) is 1. The number of aliphatic imine (C=N–C) groups is 1. The number of rotatable bonds is 7. The molecule has 3 nitrogen and oxygen atoms in total. The van der Waals surface area contributed by atoms with Gasteiger partial charge in [0.15, 0.2) is 0 Å². The highest BCUT2D eigenvalue weighted by atomic mass is 16.3. The Morgan fingerprint density at radius 1 is 0.592 bits per heavy atom. The summed E-state index contributed by atoms with van der Waals surface area (Å²) in [5.41, 5.74) is 11.7. The summed E-state index contributed by atoms with van der Waals surface area (Å²) in [6.07, 6.45) is 2.02. The van der Waals surface area contributed by atoms with Gasteiger partial charge < -0.3 is 9.52 Å². The summed E-state index contributed by atoms with van der Waals surface area (Å²) in [5.74, 6) is 0.147. The molecule has 0 spiro atoms. The molecule has 0 aliphatic carbocycles. The van der Waals surface area contributed by atoms with E-state index in [9.17, 15) is 5.11 Å². The number of nitrogens with zero attached hydrogens (tertiary/aromatic N) is 1. The van der Waals surface area contributed by atoms with Crippen molar-refractivity contribution in [3.8, 4) is 39.1 Å². The molecule has 232 valence electrons. The van der Waals surface area contributed by atoms with Gasteiger partial charge in [-0.1, -0.05) is 115 Å². The van der Waals surface area contributed by atoms with Crippen LogP contribution in [0.15, 0.2) is 173 Å². The minimum absolute atomic E-state index is 0.147. The van der Waals surface area contributed by atoms with E-state index in [4.69, 9.17) is 9.41 Å². The van der Waals surface area contributed by atoms with E-state index < -0.39 is 0 Å². The lowest BCUT2D eigenvalue weighted by Crippen LogP contribution is -2.05. The molecule has 7 aromatic carbocycles. The minimum Gasteiger partial charge on any atom is -0.507 e. The molecule has 0 fully saturated rings. The van der Waals surface area contributed by atoms with Crippen molar-refractivity contribution >= 4 is 33.3 Å². The molecule has 1 N–H and O–H groups in total. The fourth-order valence-corrected chi connectivity index (χ4v) is 6.37. The van der Waals surface area contributed by atoms with Crippen molar-refractivity contribution in [1.29, 1.82) is 0 Å². The Morgan fingerprint density at radius 2 is 1.27 bits per heavy atom. The summed E-state index contributed by atoms with van der Waals surface area (Å²) in [5, 5.41) is 13.5. The first-order valence-corrected chi connectivity index (χ1v) is 16.3. The van der Waals surface area contributed by atoms with Crippen LogP contribution < -0.4 is 0 Å². The van der Waals surface area contributed by atoms with Gasteiger partial charge in [-0.05, 0) is 89.8 Å². The number of hydrogen-bond acceptors (Lipinski definition) is 3. The van der Waals surface area contributed by atoms with Crippen LogP contribution in [0, 0.1) is 12.1 Å². The van der Waals surface area contributed by atoms with Crippen LogP contribution in [-0.2, 0) is 0 Å². The molecule has 1 aromatic heterocycles. The Balaban J connectivity index is 1.33. The third kappa shape index (κ3) is 5.89. The van der Waals surface area contributed by atoms with Crippen LogP contribution in [0.3, 0.4) is 0 Å². The van der Waals surface area contributed by atoms with Crippen LogP contribution in [0.1, 0.15) is 23.6 Å². The number of benzene rings is 6. The highest BCUT2D eigenvalue weighted by molar-refractivity contribution is 6.16. The first-order chi connectivity index (χ1) is 24.1. The SMILES string of the molecule is C/C=C(\N=C(c1cc(-c2ccccc2)cc(-c2ccccc2)c1)c1ccc(-c2c#cccc2)c(O)c1)c1ccc2c(c1)oc1ccccc12. The maximum atomic E-state index is 11.4. The van der Waals surface area contributed by atoms with Gasteiger partial charge in [0.1, 0.15) is 16.9 Å². The van der Waals surface area contributed by atoms with Gasteiger partial charge in [-0.25, -0.2) is 4.99 Å². The van der Waals surface area contributed by atoms with Gasteiger partial charge in [-0.3, -0.25) is 0 Å². The van der Waals surface area contributed by atoms with Gasteiger partial charge in [0.2, 0.25) is 0 Å². The monoisotopic (exact) mass is 629 g/mol. The third-order valence-corrected chi connectivity index (χ3v) is 8.81. The maximum absolute atomic E-state index is 11.4. The largest absolute Gasteiger partial charge is 0.507 e. The molecule has 0 bridgehead atoms. The standard InChI is InChI=1S/C46H31NO2/c1-2-42(34-22-25-41-40-20-12-13-21-44(40)49-45(41)30-34)47-46(35-23-24-39(43(48)29-35)33-18-10-5-11-19-33)38-27-36(31-14-6-3-7-15-31)26-37(28-38)32-16-8-4-9-17-32/h2-10,12-18,20-30,48H,1H3/b42-2-,47-46?. The molecule has 8 rings (SSSR count). The van der Waals surface area contributed by atoms with E-state index >= 15 is 0 Å². The molecule has 0 aliphatic heterocycles. The lowest BCUT2D eigenvalue weighted by Gasteiger charge is -2.15. The second-order valence-corrected chi connectivity index (χ2v) is 11.9. The number of fused-ring (bicyclic) bond motifs is 3. The molecule has 0 unspecified atom stereocenters. The molecule has 0 aliphatic rings. The summed E-state index contributed by atoms with van der Waals surface area (Å²) in [7, 11) is 0. The van der Waals surface area contributed by atoms with E-state index in [1.807, 2.05) is 67.6 Å². The van der Waals surface area contributed by atoms with E-state index in [1.165, 1.54) is 0 Å². The van der Waals surface area contributed by atoms with Gasteiger partial charge in [0.25, 0.3) is 0 Å². The van der Waals surface area contributed by atoms with Crippen molar-refractivity contribution in [1.82, 2.24) is 0 Å².